The Morgan fingerprint density at radius 1 is 1.27 bits per heavy atom. The highest BCUT2D eigenvalue weighted by Crippen LogP contribution is 2.20. The van der Waals surface area contributed by atoms with Crippen molar-refractivity contribution >= 4 is 21.8 Å². The van der Waals surface area contributed by atoms with E-state index < -0.39 is 33.2 Å². The predicted octanol–water partition coefficient (Wildman–Crippen LogP) is 1.09. The van der Waals surface area contributed by atoms with Gasteiger partial charge >= 0.3 is 11.9 Å². The topological polar surface area (TPSA) is 118 Å². The van der Waals surface area contributed by atoms with Gasteiger partial charge in [-0.3, -0.25) is 0 Å². The molecule has 1 rings (SSSR count). The number of halogens is 1. The molecule has 120 valence electrons. The van der Waals surface area contributed by atoms with Crippen molar-refractivity contribution in [2.75, 3.05) is 12.9 Å². The minimum Gasteiger partial charge on any atom is -0.493 e. The van der Waals surface area contributed by atoms with Crippen molar-refractivity contribution in [3.05, 3.63) is 35.7 Å². The maximum Gasteiger partial charge on any atom is 0.331 e. The van der Waals surface area contributed by atoms with Crippen LogP contribution in [-0.4, -0.2) is 43.4 Å². The minimum absolute atomic E-state index is 0.0968. The maximum absolute atomic E-state index is 13.3. The first-order chi connectivity index (χ1) is 10.1. The third kappa shape index (κ3) is 5.52. The zero-order valence-electron chi connectivity index (χ0n) is 11.4. The molecule has 0 saturated heterocycles. The lowest BCUT2D eigenvalue weighted by atomic mass is 10.2. The minimum atomic E-state index is -3.62. The number of carboxylic acids is 2. The van der Waals surface area contributed by atoms with E-state index in [0.717, 1.165) is 24.5 Å². The molecule has 0 aliphatic heterocycles. The lowest BCUT2D eigenvalue weighted by Crippen LogP contribution is -2.09. The van der Waals surface area contributed by atoms with Crippen molar-refractivity contribution in [1.82, 2.24) is 0 Å². The van der Waals surface area contributed by atoms with Gasteiger partial charge in [0.15, 0.2) is 9.84 Å². The lowest BCUT2D eigenvalue weighted by molar-refractivity contribution is -0.135. The first-order valence-corrected chi connectivity index (χ1v) is 7.79. The monoisotopic (exact) mass is 332 g/mol. The summed E-state index contributed by atoms with van der Waals surface area (Å²) in [6, 6.07) is 2.87. The smallest absolute Gasteiger partial charge is 0.331 e. The molecule has 0 fully saturated rings. The van der Waals surface area contributed by atoms with Gasteiger partial charge in [-0.2, -0.15) is 0 Å². The number of hydrogen-bond acceptors (Lipinski definition) is 5. The van der Waals surface area contributed by atoms with Crippen molar-refractivity contribution in [2.24, 2.45) is 0 Å². The standard InChI is InChI=1S/C13H13FO7S/c1-22(19,20)11-6-9(14)5-10(7-11)21-3-2-8(13(17)18)4-12(15)16/h4-7H,2-3H2,1H3,(H,15,16)(H,17,18)/b8-4-. The highest BCUT2D eigenvalue weighted by atomic mass is 32.2. The van der Waals surface area contributed by atoms with E-state index in [4.69, 9.17) is 14.9 Å². The summed E-state index contributed by atoms with van der Waals surface area (Å²) in [7, 11) is -3.62. The summed E-state index contributed by atoms with van der Waals surface area (Å²) in [6.07, 6.45) is 1.19. The molecule has 0 atom stereocenters. The van der Waals surface area contributed by atoms with Crippen molar-refractivity contribution < 1.29 is 37.3 Å². The number of rotatable bonds is 7. The second kappa shape index (κ2) is 7.03. The van der Waals surface area contributed by atoms with E-state index in [0.29, 0.717) is 6.08 Å². The van der Waals surface area contributed by atoms with Crippen LogP contribution in [-0.2, 0) is 19.4 Å². The Kier molecular flexibility index (Phi) is 5.63. The van der Waals surface area contributed by atoms with Crippen LogP contribution in [0, 0.1) is 5.82 Å². The largest absolute Gasteiger partial charge is 0.493 e. The first kappa shape index (κ1) is 17.6. The fraction of sp³-hybridized carbons (Fsp3) is 0.231. The Morgan fingerprint density at radius 3 is 2.41 bits per heavy atom. The van der Waals surface area contributed by atoms with Gasteiger partial charge in [-0.05, 0) is 12.1 Å². The SMILES string of the molecule is CS(=O)(=O)c1cc(F)cc(OCC/C(=C/C(=O)O)C(=O)O)c1. The molecule has 0 unspecified atom stereocenters. The lowest BCUT2D eigenvalue weighted by Gasteiger charge is -2.08. The van der Waals surface area contributed by atoms with Gasteiger partial charge in [0.2, 0.25) is 0 Å². The number of ether oxygens (including phenoxy) is 1. The number of aliphatic carboxylic acids is 2. The third-order valence-electron chi connectivity index (χ3n) is 2.49. The van der Waals surface area contributed by atoms with Crippen molar-refractivity contribution in [1.29, 1.82) is 0 Å². The molecule has 9 heteroatoms. The van der Waals surface area contributed by atoms with Crippen LogP contribution in [0.15, 0.2) is 34.7 Å². The molecule has 0 bridgehead atoms. The van der Waals surface area contributed by atoms with Gasteiger partial charge in [-0.25, -0.2) is 22.4 Å². The summed E-state index contributed by atoms with van der Waals surface area (Å²) < 4.78 is 41.1. The van der Waals surface area contributed by atoms with Gasteiger partial charge in [-0.1, -0.05) is 0 Å². The van der Waals surface area contributed by atoms with Crippen LogP contribution in [0.2, 0.25) is 0 Å². The summed E-state index contributed by atoms with van der Waals surface area (Å²) in [5, 5.41) is 17.3. The summed E-state index contributed by atoms with van der Waals surface area (Å²) >= 11 is 0. The van der Waals surface area contributed by atoms with Gasteiger partial charge < -0.3 is 14.9 Å². The van der Waals surface area contributed by atoms with Gasteiger partial charge in [0, 0.05) is 30.4 Å². The van der Waals surface area contributed by atoms with Crippen molar-refractivity contribution in [3.63, 3.8) is 0 Å². The van der Waals surface area contributed by atoms with E-state index in [1.807, 2.05) is 0 Å². The summed E-state index contributed by atoms with van der Waals surface area (Å²) in [5.41, 5.74) is -0.396. The second-order valence-electron chi connectivity index (χ2n) is 4.31. The van der Waals surface area contributed by atoms with E-state index in [-0.39, 0.29) is 23.7 Å². The average molecular weight is 332 g/mol. The Hall–Kier alpha value is -2.42. The van der Waals surface area contributed by atoms with Crippen LogP contribution in [0.1, 0.15) is 6.42 Å². The number of sulfone groups is 1. The highest BCUT2D eigenvalue weighted by Gasteiger charge is 2.13. The second-order valence-corrected chi connectivity index (χ2v) is 6.32. The molecule has 7 nitrogen and oxygen atoms in total. The molecule has 0 saturated carbocycles. The zero-order valence-corrected chi connectivity index (χ0v) is 12.3. The Balaban J connectivity index is 2.83. The summed E-state index contributed by atoms with van der Waals surface area (Å²) in [5.74, 6) is -3.75. The molecule has 0 heterocycles. The fourth-order valence-electron chi connectivity index (χ4n) is 1.50. The molecule has 1 aromatic carbocycles. The summed E-state index contributed by atoms with van der Waals surface area (Å²) in [4.78, 5) is 21.0. The number of hydrogen-bond donors (Lipinski definition) is 2. The van der Waals surface area contributed by atoms with Gasteiger partial charge in [0.1, 0.15) is 11.6 Å². The van der Waals surface area contributed by atoms with Gasteiger partial charge in [0.25, 0.3) is 0 Å². The number of benzene rings is 1. The van der Waals surface area contributed by atoms with E-state index >= 15 is 0 Å². The number of carboxylic acid groups (broad SMARTS) is 2. The quantitative estimate of drug-likeness (QED) is 0.718. The molecular formula is C13H13FO7S. The fourth-order valence-corrected chi connectivity index (χ4v) is 2.16. The molecule has 2 N–H and O–H groups in total. The maximum atomic E-state index is 13.3. The number of carbonyl (C=O) groups is 2. The molecular weight excluding hydrogens is 319 g/mol. The third-order valence-corrected chi connectivity index (χ3v) is 3.58. The van der Waals surface area contributed by atoms with Crippen LogP contribution in [0.4, 0.5) is 4.39 Å². The summed E-state index contributed by atoms with van der Waals surface area (Å²) in [6.45, 7) is -0.252. The molecule has 1 aromatic rings. The van der Waals surface area contributed by atoms with Crippen LogP contribution >= 0.6 is 0 Å². The zero-order chi connectivity index (χ0) is 16.9. The van der Waals surface area contributed by atoms with Crippen LogP contribution in [0.5, 0.6) is 5.75 Å². The van der Waals surface area contributed by atoms with Gasteiger partial charge in [-0.15, -0.1) is 0 Å². The molecule has 0 spiro atoms. The van der Waals surface area contributed by atoms with Crippen LogP contribution in [0.25, 0.3) is 0 Å². The highest BCUT2D eigenvalue weighted by molar-refractivity contribution is 7.90. The molecule has 0 aromatic heterocycles. The van der Waals surface area contributed by atoms with E-state index in [2.05, 4.69) is 0 Å². The van der Waals surface area contributed by atoms with Gasteiger partial charge in [0.05, 0.1) is 11.5 Å². The first-order valence-electron chi connectivity index (χ1n) is 5.90. The molecule has 0 aliphatic carbocycles. The van der Waals surface area contributed by atoms with Crippen LogP contribution in [0.3, 0.4) is 0 Å². The average Bonchev–Trinajstić information content (AvgIpc) is 2.35. The molecule has 0 aliphatic rings. The Bertz CT molecular complexity index is 722. The Labute approximate surface area is 125 Å². The van der Waals surface area contributed by atoms with E-state index in [1.54, 1.807) is 0 Å². The molecule has 0 radical (unpaired) electrons. The molecule has 0 amide bonds. The van der Waals surface area contributed by atoms with E-state index in [1.165, 1.54) is 0 Å². The normalized spacial score (nSPS) is 12.0. The predicted molar refractivity (Wildman–Crippen MR) is 73.0 cm³/mol. The van der Waals surface area contributed by atoms with Crippen LogP contribution < -0.4 is 4.74 Å². The molecule has 22 heavy (non-hydrogen) atoms. The Morgan fingerprint density at radius 2 is 1.91 bits per heavy atom. The van der Waals surface area contributed by atoms with E-state index in [9.17, 15) is 22.4 Å². The van der Waals surface area contributed by atoms with Crippen molar-refractivity contribution in [3.8, 4) is 5.75 Å². The van der Waals surface area contributed by atoms with Crippen molar-refractivity contribution in [2.45, 2.75) is 11.3 Å².